The summed E-state index contributed by atoms with van der Waals surface area (Å²) in [6, 6.07) is 12.0. The van der Waals surface area contributed by atoms with Crippen molar-refractivity contribution in [2.24, 2.45) is 0 Å². The normalized spacial score (nSPS) is 11.7. The molecule has 9 heteroatoms. The lowest BCUT2D eigenvalue weighted by Crippen LogP contribution is -2.05. The highest BCUT2D eigenvalue weighted by Crippen LogP contribution is 2.26. The van der Waals surface area contributed by atoms with Crippen LogP contribution >= 0.6 is 0 Å². The van der Waals surface area contributed by atoms with Gasteiger partial charge >= 0.3 is 20.2 Å². The highest BCUT2D eigenvalue weighted by atomic mass is 32.2. The van der Waals surface area contributed by atoms with Crippen LogP contribution in [-0.4, -0.2) is 29.3 Å². The number of ether oxygens (including phenoxy) is 1. The van der Waals surface area contributed by atoms with Crippen LogP contribution in [0.5, 0.6) is 23.0 Å². The molecule has 0 saturated carbocycles. The molecular formula is C14H14O7S2. The number of hydrogen-bond acceptors (Lipinski definition) is 7. The predicted molar refractivity (Wildman–Crippen MR) is 83.9 cm³/mol. The van der Waals surface area contributed by atoms with E-state index in [0.717, 1.165) is 12.5 Å². The average Bonchev–Trinajstić information content (AvgIpc) is 2.40. The molecule has 0 atom stereocenters. The van der Waals surface area contributed by atoms with Gasteiger partial charge in [-0.15, -0.1) is 0 Å². The van der Waals surface area contributed by atoms with E-state index in [4.69, 9.17) is 13.1 Å². The lowest BCUT2D eigenvalue weighted by Gasteiger charge is -2.08. The van der Waals surface area contributed by atoms with Crippen LogP contribution < -0.4 is 13.1 Å². The Balaban J connectivity index is 2.04. The van der Waals surface area contributed by atoms with Crippen LogP contribution in [-0.2, 0) is 20.2 Å². The van der Waals surface area contributed by atoms with Crippen molar-refractivity contribution < 1.29 is 29.9 Å². The van der Waals surface area contributed by atoms with Gasteiger partial charge < -0.3 is 13.1 Å². The third-order valence-electron chi connectivity index (χ3n) is 2.38. The first-order valence-electron chi connectivity index (χ1n) is 6.28. The van der Waals surface area contributed by atoms with Gasteiger partial charge in [0.05, 0.1) is 12.5 Å². The van der Waals surface area contributed by atoms with E-state index in [1.807, 2.05) is 0 Å². The van der Waals surface area contributed by atoms with Crippen LogP contribution in [0.2, 0.25) is 0 Å². The molecule has 7 nitrogen and oxygen atoms in total. The lowest BCUT2D eigenvalue weighted by molar-refractivity contribution is 0.473. The maximum atomic E-state index is 11.0. The summed E-state index contributed by atoms with van der Waals surface area (Å²) in [5, 5.41) is 0. The van der Waals surface area contributed by atoms with E-state index in [9.17, 15) is 16.8 Å². The second kappa shape index (κ2) is 6.47. The van der Waals surface area contributed by atoms with Crippen molar-refractivity contribution in [2.75, 3.05) is 12.5 Å². The lowest BCUT2D eigenvalue weighted by atomic mass is 10.3. The van der Waals surface area contributed by atoms with Gasteiger partial charge in [-0.2, -0.15) is 16.8 Å². The van der Waals surface area contributed by atoms with Gasteiger partial charge in [-0.3, -0.25) is 0 Å². The quantitative estimate of drug-likeness (QED) is 0.730. The third-order valence-corrected chi connectivity index (χ3v) is 3.37. The molecule has 0 saturated heterocycles. The maximum Gasteiger partial charge on any atom is 0.306 e. The highest BCUT2D eigenvalue weighted by molar-refractivity contribution is 7.86. The Bertz CT molecular complexity index is 792. The fourth-order valence-corrected chi connectivity index (χ4v) is 2.53. The summed E-state index contributed by atoms with van der Waals surface area (Å²) in [5.74, 6) is 1.28. The van der Waals surface area contributed by atoms with Crippen LogP contribution in [0.3, 0.4) is 0 Å². The molecule has 0 bridgehead atoms. The average molecular weight is 358 g/mol. The summed E-state index contributed by atoms with van der Waals surface area (Å²) in [4.78, 5) is 0. The van der Waals surface area contributed by atoms with Crippen molar-refractivity contribution in [1.82, 2.24) is 0 Å². The van der Waals surface area contributed by atoms with E-state index in [0.29, 0.717) is 11.5 Å². The van der Waals surface area contributed by atoms with Crippen molar-refractivity contribution in [3.63, 3.8) is 0 Å². The van der Waals surface area contributed by atoms with Crippen LogP contribution in [0.4, 0.5) is 0 Å². The Kier molecular flexibility index (Phi) is 4.81. The Labute approximate surface area is 134 Å². The molecule has 0 heterocycles. The van der Waals surface area contributed by atoms with E-state index in [1.54, 1.807) is 24.3 Å². The van der Waals surface area contributed by atoms with E-state index >= 15 is 0 Å². The highest BCUT2D eigenvalue weighted by Gasteiger charge is 2.06. The largest absolute Gasteiger partial charge is 0.457 e. The summed E-state index contributed by atoms with van der Waals surface area (Å²) in [6.45, 7) is 0. The Morgan fingerprint density at radius 2 is 0.826 bits per heavy atom. The molecule has 124 valence electrons. The minimum atomic E-state index is -3.57. The molecule has 0 unspecified atom stereocenters. The van der Waals surface area contributed by atoms with Crippen molar-refractivity contribution in [2.45, 2.75) is 0 Å². The molecule has 0 aliphatic heterocycles. The molecule has 0 spiro atoms. The topological polar surface area (TPSA) is 96.0 Å². The maximum absolute atomic E-state index is 11.0. The molecule has 0 aliphatic carbocycles. The van der Waals surface area contributed by atoms with Gasteiger partial charge in [0.1, 0.15) is 23.0 Å². The summed E-state index contributed by atoms with van der Waals surface area (Å²) in [7, 11) is -7.15. The Hall–Kier alpha value is -2.26. The van der Waals surface area contributed by atoms with Crippen molar-refractivity contribution >= 4 is 20.2 Å². The Morgan fingerprint density at radius 1 is 0.565 bits per heavy atom. The molecular weight excluding hydrogens is 344 g/mol. The molecule has 0 aliphatic rings. The van der Waals surface area contributed by atoms with Crippen LogP contribution in [0.15, 0.2) is 48.5 Å². The van der Waals surface area contributed by atoms with Gasteiger partial charge in [0, 0.05) is 0 Å². The van der Waals surface area contributed by atoms with Gasteiger partial charge in [0.2, 0.25) is 0 Å². The van der Waals surface area contributed by atoms with E-state index in [2.05, 4.69) is 0 Å². The summed E-state index contributed by atoms with van der Waals surface area (Å²) in [5.41, 5.74) is 0. The fourth-order valence-electron chi connectivity index (χ4n) is 1.61. The number of benzene rings is 2. The smallest absolute Gasteiger partial charge is 0.306 e. The molecule has 0 fully saturated rings. The summed E-state index contributed by atoms with van der Waals surface area (Å²) >= 11 is 0. The van der Waals surface area contributed by atoms with Crippen molar-refractivity contribution in [1.29, 1.82) is 0 Å². The minimum Gasteiger partial charge on any atom is -0.457 e. The zero-order valence-electron chi connectivity index (χ0n) is 12.3. The third kappa shape index (κ3) is 6.17. The van der Waals surface area contributed by atoms with Crippen LogP contribution in [0, 0.1) is 0 Å². The van der Waals surface area contributed by atoms with E-state index < -0.39 is 20.2 Å². The zero-order valence-corrected chi connectivity index (χ0v) is 13.9. The molecule has 2 aromatic carbocycles. The fraction of sp³-hybridized carbons (Fsp3) is 0.143. The van der Waals surface area contributed by atoms with Crippen molar-refractivity contribution in [3.8, 4) is 23.0 Å². The summed E-state index contributed by atoms with van der Waals surface area (Å²) in [6.07, 6.45) is 1.91. The number of hydrogen-bond donors (Lipinski definition) is 0. The molecule has 2 aromatic rings. The molecule has 0 radical (unpaired) electrons. The molecule has 23 heavy (non-hydrogen) atoms. The van der Waals surface area contributed by atoms with Gasteiger partial charge in [0.15, 0.2) is 0 Å². The minimum absolute atomic E-state index is 0.178. The number of rotatable bonds is 6. The van der Waals surface area contributed by atoms with E-state index in [1.165, 1.54) is 24.3 Å². The second-order valence-corrected chi connectivity index (χ2v) is 7.77. The van der Waals surface area contributed by atoms with Gasteiger partial charge in [-0.25, -0.2) is 0 Å². The first-order chi connectivity index (χ1) is 10.6. The van der Waals surface area contributed by atoms with Crippen LogP contribution in [0.25, 0.3) is 0 Å². The van der Waals surface area contributed by atoms with Gasteiger partial charge in [-0.1, -0.05) is 0 Å². The second-order valence-electron chi connectivity index (χ2n) is 4.62. The standard InChI is InChI=1S/C14H14O7S2/c1-22(15,16)20-13-7-3-11(4-8-13)19-12-5-9-14(10-6-12)21-23(2,17)18/h3-10H,1-2H3. The molecule has 0 amide bonds. The van der Waals surface area contributed by atoms with Gasteiger partial charge in [-0.05, 0) is 48.5 Å². The van der Waals surface area contributed by atoms with Gasteiger partial charge in [0.25, 0.3) is 0 Å². The molecule has 0 aromatic heterocycles. The van der Waals surface area contributed by atoms with Crippen molar-refractivity contribution in [3.05, 3.63) is 48.5 Å². The predicted octanol–water partition coefficient (Wildman–Crippen LogP) is 2.16. The SMILES string of the molecule is CS(=O)(=O)Oc1ccc(Oc2ccc(OS(C)(=O)=O)cc2)cc1. The molecule has 0 N–H and O–H groups in total. The van der Waals surface area contributed by atoms with E-state index in [-0.39, 0.29) is 11.5 Å². The monoisotopic (exact) mass is 358 g/mol. The first-order valence-corrected chi connectivity index (χ1v) is 9.91. The zero-order chi connectivity index (χ0) is 17.1. The Morgan fingerprint density at radius 3 is 1.09 bits per heavy atom. The molecule has 2 rings (SSSR count). The first kappa shape index (κ1) is 17.1. The summed E-state index contributed by atoms with van der Waals surface area (Å²) < 4.78 is 59.0. The van der Waals surface area contributed by atoms with Crippen LogP contribution in [0.1, 0.15) is 0 Å².